The highest BCUT2D eigenvalue weighted by Gasteiger charge is 2.20. The molecule has 1 N–H and O–H groups in total. The summed E-state index contributed by atoms with van der Waals surface area (Å²) in [5, 5.41) is 3.69. The van der Waals surface area contributed by atoms with E-state index < -0.39 is 0 Å². The second-order valence-corrected chi connectivity index (χ2v) is 4.92. The maximum atomic E-state index is 5.34. The predicted octanol–water partition coefficient (Wildman–Crippen LogP) is 1.83. The molecule has 3 nitrogen and oxygen atoms in total. The second-order valence-electron chi connectivity index (χ2n) is 4.92. The van der Waals surface area contributed by atoms with Crippen molar-refractivity contribution < 1.29 is 0 Å². The maximum Gasteiger partial charge on any atom is 0.0598 e. The molecule has 2 rings (SSSR count). The van der Waals surface area contributed by atoms with Crippen molar-refractivity contribution in [1.29, 1.82) is 0 Å². The minimum absolute atomic E-state index is 0.386. The lowest BCUT2D eigenvalue weighted by Gasteiger charge is -2.33. The lowest BCUT2D eigenvalue weighted by molar-refractivity contribution is 0.211. The molecular formula is C15H21N3. The zero-order valence-electron chi connectivity index (χ0n) is 11.0. The quantitative estimate of drug-likeness (QED) is 0.818. The molecule has 0 aliphatic carbocycles. The van der Waals surface area contributed by atoms with Crippen molar-refractivity contribution in [3.8, 4) is 12.3 Å². The summed E-state index contributed by atoms with van der Waals surface area (Å²) in [7, 11) is 0. The molecule has 1 aliphatic heterocycles. The van der Waals surface area contributed by atoms with Gasteiger partial charge < -0.3 is 5.32 Å². The zero-order valence-corrected chi connectivity index (χ0v) is 11.0. The van der Waals surface area contributed by atoms with Gasteiger partial charge in [-0.05, 0) is 37.5 Å². The Hall–Kier alpha value is -1.37. The third-order valence-corrected chi connectivity index (χ3v) is 3.59. The molecule has 1 aromatic rings. The molecule has 0 spiro atoms. The Morgan fingerprint density at radius 2 is 2.11 bits per heavy atom. The molecule has 0 bridgehead atoms. The zero-order chi connectivity index (χ0) is 12.8. The monoisotopic (exact) mass is 243 g/mol. The molecule has 1 aromatic heterocycles. The Balaban J connectivity index is 1.80. The molecule has 2 heterocycles. The molecule has 96 valence electrons. The van der Waals surface area contributed by atoms with Crippen LogP contribution < -0.4 is 5.32 Å². The highest BCUT2D eigenvalue weighted by atomic mass is 15.1. The normalized spacial score (nSPS) is 19.3. The van der Waals surface area contributed by atoms with Gasteiger partial charge in [-0.2, -0.15) is 0 Å². The van der Waals surface area contributed by atoms with E-state index in [-0.39, 0.29) is 0 Å². The Kier molecular flexibility index (Phi) is 4.74. The van der Waals surface area contributed by atoms with E-state index in [0.717, 1.165) is 19.6 Å². The van der Waals surface area contributed by atoms with Crippen LogP contribution in [-0.2, 0) is 0 Å². The molecule has 0 amide bonds. The van der Waals surface area contributed by atoms with Gasteiger partial charge in [-0.1, -0.05) is 5.92 Å². The highest BCUT2D eigenvalue weighted by Crippen LogP contribution is 2.16. The van der Waals surface area contributed by atoms with Gasteiger partial charge in [0.1, 0.15) is 0 Å². The van der Waals surface area contributed by atoms with Gasteiger partial charge in [-0.15, -0.1) is 6.42 Å². The molecule has 0 unspecified atom stereocenters. The summed E-state index contributed by atoms with van der Waals surface area (Å²) < 4.78 is 0. The van der Waals surface area contributed by atoms with E-state index in [1.54, 1.807) is 0 Å². The molecular weight excluding hydrogens is 222 g/mol. The third-order valence-electron chi connectivity index (χ3n) is 3.59. The van der Waals surface area contributed by atoms with Crippen LogP contribution in [0, 0.1) is 12.3 Å². The van der Waals surface area contributed by atoms with E-state index in [1.807, 2.05) is 12.4 Å². The summed E-state index contributed by atoms with van der Waals surface area (Å²) in [6, 6.07) is 5.13. The Labute approximate surface area is 110 Å². The average Bonchev–Trinajstić information content (AvgIpc) is 2.42. The van der Waals surface area contributed by atoms with Gasteiger partial charge in [-0.25, -0.2) is 0 Å². The van der Waals surface area contributed by atoms with E-state index in [4.69, 9.17) is 6.42 Å². The molecule has 3 heteroatoms. The second kappa shape index (κ2) is 6.53. The molecule has 1 saturated heterocycles. The van der Waals surface area contributed by atoms with Crippen LogP contribution in [0.2, 0.25) is 0 Å². The first kappa shape index (κ1) is 13.1. The van der Waals surface area contributed by atoms with Gasteiger partial charge in [0.25, 0.3) is 0 Å². The number of piperidine rings is 1. The van der Waals surface area contributed by atoms with E-state index in [9.17, 15) is 0 Å². The van der Waals surface area contributed by atoms with Gasteiger partial charge in [0, 0.05) is 37.6 Å². The number of likely N-dealkylation sites (tertiary alicyclic amines) is 1. The van der Waals surface area contributed by atoms with Crippen LogP contribution in [0.1, 0.15) is 31.4 Å². The number of pyridine rings is 1. The summed E-state index contributed by atoms with van der Waals surface area (Å²) >= 11 is 0. The number of nitrogens with one attached hydrogen (secondary N) is 1. The lowest BCUT2D eigenvalue weighted by atomic mass is 10.0. The van der Waals surface area contributed by atoms with Crippen molar-refractivity contribution in [3.63, 3.8) is 0 Å². The van der Waals surface area contributed by atoms with Crippen molar-refractivity contribution >= 4 is 0 Å². The molecule has 1 aliphatic rings. The van der Waals surface area contributed by atoms with Crippen molar-refractivity contribution in [1.82, 2.24) is 15.2 Å². The predicted molar refractivity (Wildman–Crippen MR) is 74.1 cm³/mol. The molecule has 0 radical (unpaired) electrons. The smallest absolute Gasteiger partial charge is 0.0598 e. The molecule has 0 saturated carbocycles. The Bertz CT molecular complexity index is 388. The van der Waals surface area contributed by atoms with Crippen LogP contribution in [0.4, 0.5) is 0 Å². The minimum Gasteiger partial charge on any atom is -0.307 e. The van der Waals surface area contributed by atoms with Gasteiger partial charge in [0.05, 0.1) is 6.54 Å². The van der Waals surface area contributed by atoms with Crippen molar-refractivity contribution in [2.75, 3.05) is 19.6 Å². The average molecular weight is 243 g/mol. The lowest BCUT2D eigenvalue weighted by Crippen LogP contribution is -2.43. The van der Waals surface area contributed by atoms with Gasteiger partial charge in [0.15, 0.2) is 0 Å². The third kappa shape index (κ3) is 3.56. The fraction of sp³-hybridized carbons (Fsp3) is 0.533. The fourth-order valence-electron chi connectivity index (χ4n) is 2.49. The van der Waals surface area contributed by atoms with Crippen LogP contribution in [0.5, 0.6) is 0 Å². The standard InChI is InChI=1S/C15H21N3/c1-3-10-18-11-6-15(7-12-18)17-13(2)14-4-8-16-9-5-14/h1,4-5,8-9,13,15,17H,6-7,10-12H2,2H3/t13-/m0/s1. The van der Waals surface area contributed by atoms with Crippen LogP contribution in [-0.4, -0.2) is 35.6 Å². The van der Waals surface area contributed by atoms with Crippen LogP contribution in [0.3, 0.4) is 0 Å². The largest absolute Gasteiger partial charge is 0.307 e. The molecule has 18 heavy (non-hydrogen) atoms. The number of hydrogen-bond acceptors (Lipinski definition) is 3. The summed E-state index contributed by atoms with van der Waals surface area (Å²) in [6.45, 7) is 5.20. The number of terminal acetylenes is 1. The first-order chi connectivity index (χ1) is 8.79. The van der Waals surface area contributed by atoms with Gasteiger partial charge >= 0.3 is 0 Å². The summed E-state index contributed by atoms with van der Waals surface area (Å²) in [4.78, 5) is 6.39. The summed E-state index contributed by atoms with van der Waals surface area (Å²) in [5.74, 6) is 2.72. The van der Waals surface area contributed by atoms with Crippen molar-refractivity contribution in [2.45, 2.75) is 31.8 Å². The minimum atomic E-state index is 0.386. The van der Waals surface area contributed by atoms with Crippen LogP contribution >= 0.6 is 0 Å². The number of hydrogen-bond donors (Lipinski definition) is 1. The highest BCUT2D eigenvalue weighted by molar-refractivity contribution is 5.14. The molecule has 0 aromatic carbocycles. The van der Waals surface area contributed by atoms with Crippen molar-refractivity contribution in [3.05, 3.63) is 30.1 Å². The van der Waals surface area contributed by atoms with E-state index in [2.05, 4.69) is 40.2 Å². The maximum absolute atomic E-state index is 5.34. The number of aromatic nitrogens is 1. The number of rotatable bonds is 4. The summed E-state index contributed by atoms with van der Waals surface area (Å²) in [5.41, 5.74) is 1.30. The Morgan fingerprint density at radius 1 is 1.44 bits per heavy atom. The van der Waals surface area contributed by atoms with Crippen LogP contribution in [0.25, 0.3) is 0 Å². The Morgan fingerprint density at radius 3 is 2.72 bits per heavy atom. The van der Waals surface area contributed by atoms with Crippen molar-refractivity contribution in [2.24, 2.45) is 0 Å². The SMILES string of the molecule is C#CCN1CCC(N[C@@H](C)c2ccncc2)CC1. The number of nitrogens with zero attached hydrogens (tertiary/aromatic N) is 2. The van der Waals surface area contributed by atoms with E-state index in [0.29, 0.717) is 12.1 Å². The first-order valence-electron chi connectivity index (χ1n) is 6.61. The summed E-state index contributed by atoms with van der Waals surface area (Å²) in [6.07, 6.45) is 11.4. The van der Waals surface area contributed by atoms with Crippen LogP contribution in [0.15, 0.2) is 24.5 Å². The molecule has 1 atom stereocenters. The van der Waals surface area contributed by atoms with E-state index in [1.165, 1.54) is 18.4 Å². The van der Waals surface area contributed by atoms with Gasteiger partial charge in [0.2, 0.25) is 0 Å². The first-order valence-corrected chi connectivity index (χ1v) is 6.61. The molecule has 1 fully saturated rings. The fourth-order valence-corrected chi connectivity index (χ4v) is 2.49. The topological polar surface area (TPSA) is 28.2 Å². The van der Waals surface area contributed by atoms with E-state index >= 15 is 0 Å². The van der Waals surface area contributed by atoms with Gasteiger partial charge in [-0.3, -0.25) is 9.88 Å².